The lowest BCUT2D eigenvalue weighted by molar-refractivity contribution is -0.113. The van der Waals surface area contributed by atoms with E-state index in [1.807, 2.05) is 78.2 Å². The number of aromatic nitrogens is 1. The van der Waals surface area contributed by atoms with E-state index in [1.165, 1.54) is 22.7 Å². The number of thiophene rings is 1. The number of carbonyl (C=O) groups excluding carboxylic acids is 1. The van der Waals surface area contributed by atoms with Gasteiger partial charge in [0.2, 0.25) is 0 Å². The fraction of sp³-hybridized carbons (Fsp3) is 0.121. The molecule has 3 aromatic carbocycles. The summed E-state index contributed by atoms with van der Waals surface area (Å²) in [6.07, 6.45) is 1.76. The van der Waals surface area contributed by atoms with E-state index in [0.717, 1.165) is 10.4 Å². The van der Waals surface area contributed by atoms with Crippen LogP contribution in [0.5, 0.6) is 11.5 Å². The Kier molecular flexibility index (Phi) is 8.29. The lowest BCUT2D eigenvalue weighted by atomic mass is 10.0. The minimum Gasteiger partial charge on any atom is -0.493 e. The Bertz CT molecular complexity index is 2000. The molecule has 0 saturated carbocycles. The van der Waals surface area contributed by atoms with Crippen LogP contribution in [-0.2, 0) is 11.4 Å². The van der Waals surface area contributed by atoms with Crippen LogP contribution in [0.1, 0.15) is 29.0 Å². The number of thiazole rings is 1. The van der Waals surface area contributed by atoms with E-state index in [9.17, 15) is 9.59 Å². The van der Waals surface area contributed by atoms with Gasteiger partial charge in [-0.1, -0.05) is 77.5 Å². The number of nitrogens with zero attached hydrogens (tertiary/aromatic N) is 2. The Morgan fingerprint density at radius 2 is 1.81 bits per heavy atom. The molecule has 0 aliphatic carbocycles. The van der Waals surface area contributed by atoms with Crippen molar-refractivity contribution in [1.29, 1.82) is 0 Å². The smallest absolute Gasteiger partial charge is 0.271 e. The van der Waals surface area contributed by atoms with Gasteiger partial charge in [-0.25, -0.2) is 4.99 Å². The quantitative estimate of drug-likeness (QED) is 0.223. The lowest BCUT2D eigenvalue weighted by Crippen LogP contribution is -2.40. The second-order valence-electron chi connectivity index (χ2n) is 9.73. The Hall–Kier alpha value is -4.44. The van der Waals surface area contributed by atoms with Crippen LogP contribution in [0.25, 0.3) is 6.08 Å². The first-order valence-electron chi connectivity index (χ1n) is 13.4. The fourth-order valence-corrected chi connectivity index (χ4v) is 7.04. The van der Waals surface area contributed by atoms with Crippen molar-refractivity contribution in [3.63, 3.8) is 0 Å². The molecule has 0 saturated heterocycles. The van der Waals surface area contributed by atoms with Gasteiger partial charge in [0, 0.05) is 10.6 Å². The number of halogens is 1. The van der Waals surface area contributed by atoms with Gasteiger partial charge in [-0.05, 0) is 59.8 Å². The van der Waals surface area contributed by atoms with Crippen molar-refractivity contribution in [3.05, 3.63) is 142 Å². The van der Waals surface area contributed by atoms with Crippen LogP contribution in [0, 0.1) is 0 Å². The minimum absolute atomic E-state index is 0.251. The molecule has 1 amide bonds. The molecule has 2 aromatic heterocycles. The number of para-hydroxylation sites is 1. The van der Waals surface area contributed by atoms with Gasteiger partial charge < -0.3 is 14.8 Å². The molecule has 5 aromatic rings. The molecule has 0 spiro atoms. The van der Waals surface area contributed by atoms with Gasteiger partial charge in [-0.15, -0.1) is 11.3 Å². The van der Waals surface area contributed by atoms with Crippen molar-refractivity contribution in [2.45, 2.75) is 19.6 Å². The molecule has 0 bridgehead atoms. The SMILES string of the molecule is COc1cc(/C=c2\sc3n(c2=O)[C@H](c2cccs2)C(C(=O)Nc2ccccc2)=C(C)N=3)cc(Cl)c1OCc1ccccc1. The highest BCUT2D eigenvalue weighted by Gasteiger charge is 2.33. The molecule has 3 heterocycles. The van der Waals surface area contributed by atoms with Crippen LogP contribution in [0.15, 0.2) is 111 Å². The number of amides is 1. The molecule has 10 heteroatoms. The molecular formula is C33H26ClN3O4S2. The van der Waals surface area contributed by atoms with Crippen LogP contribution < -0.4 is 29.7 Å². The van der Waals surface area contributed by atoms with E-state index in [-0.39, 0.29) is 11.5 Å². The Balaban J connectivity index is 1.38. The van der Waals surface area contributed by atoms with Crippen molar-refractivity contribution in [2.24, 2.45) is 4.99 Å². The fourth-order valence-electron chi connectivity index (χ4n) is 4.89. The van der Waals surface area contributed by atoms with Crippen molar-refractivity contribution in [3.8, 4) is 11.5 Å². The third kappa shape index (κ3) is 5.92. The van der Waals surface area contributed by atoms with E-state index in [0.29, 0.717) is 55.0 Å². The summed E-state index contributed by atoms with van der Waals surface area (Å²) >= 11 is 9.39. The molecule has 1 aliphatic rings. The third-order valence-corrected chi connectivity index (χ3v) is 9.07. The first-order valence-corrected chi connectivity index (χ1v) is 15.5. The number of hydrogen-bond donors (Lipinski definition) is 1. The standard InChI is InChI=1S/C33H26ClN3O4S2/c1-20-28(31(38)36-23-12-7-4-8-13-23)29(26-14-9-15-42-26)37-32(39)27(43-33(37)35-20)18-22-16-24(34)30(25(17-22)40-2)41-19-21-10-5-3-6-11-21/h3-18,29H,19H2,1-2H3,(H,36,38)/b27-18-/t29-/m1/s1. The Morgan fingerprint density at radius 3 is 2.51 bits per heavy atom. The molecule has 0 fully saturated rings. The Morgan fingerprint density at radius 1 is 1.07 bits per heavy atom. The molecule has 216 valence electrons. The predicted octanol–water partition coefficient (Wildman–Crippen LogP) is 6.18. The van der Waals surface area contributed by atoms with E-state index < -0.39 is 6.04 Å². The molecule has 0 radical (unpaired) electrons. The number of hydrogen-bond acceptors (Lipinski definition) is 7. The van der Waals surface area contributed by atoms with Gasteiger partial charge in [0.05, 0.1) is 27.9 Å². The summed E-state index contributed by atoms with van der Waals surface area (Å²) in [7, 11) is 1.55. The minimum atomic E-state index is -0.617. The molecule has 1 aliphatic heterocycles. The summed E-state index contributed by atoms with van der Waals surface area (Å²) in [5.41, 5.74) is 3.07. The summed E-state index contributed by atoms with van der Waals surface area (Å²) in [6.45, 7) is 2.13. The molecule has 0 unspecified atom stereocenters. The number of fused-ring (bicyclic) bond motifs is 1. The molecule has 43 heavy (non-hydrogen) atoms. The second-order valence-corrected chi connectivity index (χ2v) is 12.1. The summed E-state index contributed by atoms with van der Waals surface area (Å²) < 4.78 is 13.6. The zero-order chi connectivity index (χ0) is 29.9. The largest absolute Gasteiger partial charge is 0.493 e. The number of benzene rings is 3. The van der Waals surface area contributed by atoms with Crippen LogP contribution in [0.2, 0.25) is 5.02 Å². The first kappa shape index (κ1) is 28.7. The van der Waals surface area contributed by atoms with Gasteiger partial charge in [0.15, 0.2) is 16.3 Å². The average Bonchev–Trinajstić information content (AvgIpc) is 3.65. The number of ether oxygens (including phenoxy) is 2. The van der Waals surface area contributed by atoms with Crippen molar-refractivity contribution >= 4 is 51.9 Å². The number of carbonyl (C=O) groups is 1. The van der Waals surface area contributed by atoms with Crippen LogP contribution >= 0.6 is 34.3 Å². The van der Waals surface area contributed by atoms with E-state index in [1.54, 1.807) is 36.8 Å². The maximum absolute atomic E-state index is 14.0. The highest BCUT2D eigenvalue weighted by Crippen LogP contribution is 2.37. The zero-order valence-electron chi connectivity index (χ0n) is 23.2. The highest BCUT2D eigenvalue weighted by atomic mass is 35.5. The number of rotatable bonds is 8. The average molecular weight is 628 g/mol. The maximum atomic E-state index is 14.0. The van der Waals surface area contributed by atoms with E-state index in [2.05, 4.69) is 5.32 Å². The van der Waals surface area contributed by atoms with Crippen molar-refractivity contribution in [1.82, 2.24) is 4.57 Å². The van der Waals surface area contributed by atoms with Crippen molar-refractivity contribution < 1.29 is 14.3 Å². The van der Waals surface area contributed by atoms with Gasteiger partial charge in [-0.2, -0.15) is 0 Å². The van der Waals surface area contributed by atoms with Gasteiger partial charge in [0.1, 0.15) is 12.6 Å². The molecule has 1 N–H and O–H groups in total. The van der Waals surface area contributed by atoms with Crippen LogP contribution in [0.3, 0.4) is 0 Å². The van der Waals surface area contributed by atoms with E-state index >= 15 is 0 Å². The molecule has 1 atom stereocenters. The zero-order valence-corrected chi connectivity index (χ0v) is 25.6. The summed E-state index contributed by atoms with van der Waals surface area (Å²) in [5, 5.41) is 5.26. The molecular weight excluding hydrogens is 602 g/mol. The Labute approximate surface area is 260 Å². The number of nitrogens with one attached hydrogen (secondary N) is 1. The summed E-state index contributed by atoms with van der Waals surface area (Å²) in [5.74, 6) is 0.575. The van der Waals surface area contributed by atoms with Crippen LogP contribution in [0.4, 0.5) is 5.69 Å². The summed E-state index contributed by atoms with van der Waals surface area (Å²) in [6, 6.07) is 25.7. The topological polar surface area (TPSA) is 81.9 Å². The number of anilines is 1. The normalized spacial score (nSPS) is 14.7. The van der Waals surface area contributed by atoms with Crippen molar-refractivity contribution in [2.75, 3.05) is 12.4 Å². The van der Waals surface area contributed by atoms with Gasteiger partial charge >= 0.3 is 0 Å². The monoisotopic (exact) mass is 627 g/mol. The second kappa shape index (κ2) is 12.4. The number of methoxy groups -OCH3 is 1. The molecule has 7 nitrogen and oxygen atoms in total. The van der Waals surface area contributed by atoms with E-state index in [4.69, 9.17) is 26.1 Å². The predicted molar refractivity (Wildman–Crippen MR) is 172 cm³/mol. The first-order chi connectivity index (χ1) is 20.9. The highest BCUT2D eigenvalue weighted by molar-refractivity contribution is 7.10. The number of allylic oxidation sites excluding steroid dienone is 1. The maximum Gasteiger partial charge on any atom is 0.271 e. The van der Waals surface area contributed by atoms with Gasteiger partial charge in [0.25, 0.3) is 11.5 Å². The molecule has 6 rings (SSSR count). The summed E-state index contributed by atoms with van der Waals surface area (Å²) in [4.78, 5) is 33.7. The van der Waals surface area contributed by atoms with Gasteiger partial charge in [-0.3, -0.25) is 14.2 Å². The van der Waals surface area contributed by atoms with Crippen LogP contribution in [-0.4, -0.2) is 17.6 Å². The third-order valence-electron chi connectivity index (χ3n) is 6.89. The lowest BCUT2D eigenvalue weighted by Gasteiger charge is -2.24.